The van der Waals surface area contributed by atoms with Crippen LogP contribution in [0.3, 0.4) is 0 Å². The molecule has 6 heteroatoms. The maximum atomic E-state index is 9.67. The largest absolute Gasteiger partial charge is 0.396 e. The lowest BCUT2D eigenvalue weighted by Gasteiger charge is -2.24. The molecular weight excluding hydrogens is 232 g/mol. The Hall–Kier alpha value is -1.53. The molecule has 0 saturated carbocycles. The summed E-state index contributed by atoms with van der Waals surface area (Å²) in [5.74, 6) is 1.38. The summed E-state index contributed by atoms with van der Waals surface area (Å²) >= 11 is 0. The van der Waals surface area contributed by atoms with Gasteiger partial charge in [0.15, 0.2) is 5.82 Å². The average molecular weight is 252 g/mol. The smallest absolute Gasteiger partial charge is 0.151 e. The van der Waals surface area contributed by atoms with E-state index in [-0.39, 0.29) is 12.6 Å². The Balaban J connectivity index is 2.24. The molecule has 0 aromatic carbocycles. The zero-order valence-corrected chi connectivity index (χ0v) is 10.5. The van der Waals surface area contributed by atoms with Crippen LogP contribution in [0.2, 0.25) is 0 Å². The third-order valence-corrected chi connectivity index (χ3v) is 3.15. The minimum absolute atomic E-state index is 0.0135. The molecular formula is C12H20N4O2. The Bertz CT molecular complexity index is 413. The van der Waals surface area contributed by atoms with Gasteiger partial charge in [0, 0.05) is 13.1 Å². The fourth-order valence-electron chi connectivity index (χ4n) is 2.27. The molecule has 0 aliphatic carbocycles. The molecule has 6 nitrogen and oxygen atoms in total. The third-order valence-electron chi connectivity index (χ3n) is 3.15. The Labute approximate surface area is 106 Å². The number of anilines is 3. The second-order valence-corrected chi connectivity index (χ2v) is 4.52. The number of nitrogen functional groups attached to an aromatic ring is 1. The third kappa shape index (κ3) is 2.49. The van der Waals surface area contributed by atoms with E-state index in [0.717, 1.165) is 12.4 Å². The first-order valence-corrected chi connectivity index (χ1v) is 6.21. The Morgan fingerprint density at radius 2 is 2.33 bits per heavy atom. The Morgan fingerprint density at radius 3 is 3.00 bits per heavy atom. The minimum Gasteiger partial charge on any atom is -0.396 e. The van der Waals surface area contributed by atoms with Gasteiger partial charge < -0.3 is 26.2 Å². The van der Waals surface area contributed by atoms with Gasteiger partial charge in [0.05, 0.1) is 24.4 Å². The van der Waals surface area contributed by atoms with E-state index in [0.29, 0.717) is 24.5 Å². The van der Waals surface area contributed by atoms with Crippen LogP contribution in [-0.4, -0.2) is 47.0 Å². The summed E-state index contributed by atoms with van der Waals surface area (Å²) in [6.07, 6.45) is 0.156. The quantitative estimate of drug-likeness (QED) is 0.604. The van der Waals surface area contributed by atoms with Gasteiger partial charge in [-0.15, -0.1) is 0 Å². The molecule has 2 rings (SSSR count). The van der Waals surface area contributed by atoms with Crippen LogP contribution in [0.5, 0.6) is 0 Å². The molecule has 5 N–H and O–H groups in total. The summed E-state index contributed by atoms with van der Waals surface area (Å²) in [6.45, 7) is 3.23. The van der Waals surface area contributed by atoms with E-state index in [1.807, 2.05) is 17.9 Å². The highest BCUT2D eigenvalue weighted by Gasteiger charge is 2.31. The van der Waals surface area contributed by atoms with Crippen molar-refractivity contribution in [2.45, 2.75) is 25.5 Å². The van der Waals surface area contributed by atoms with E-state index < -0.39 is 6.10 Å². The molecule has 2 heterocycles. The van der Waals surface area contributed by atoms with Crippen LogP contribution < -0.4 is 16.0 Å². The molecule has 1 aliphatic rings. The fourth-order valence-corrected chi connectivity index (χ4v) is 2.27. The molecule has 18 heavy (non-hydrogen) atoms. The summed E-state index contributed by atoms with van der Waals surface area (Å²) in [6, 6.07) is 3.53. The summed E-state index contributed by atoms with van der Waals surface area (Å²) in [5.41, 5.74) is 6.42. The van der Waals surface area contributed by atoms with Gasteiger partial charge in [-0.2, -0.15) is 0 Å². The van der Waals surface area contributed by atoms with Crippen molar-refractivity contribution >= 4 is 17.3 Å². The molecule has 1 aliphatic heterocycles. The van der Waals surface area contributed by atoms with Gasteiger partial charge in [-0.25, -0.2) is 4.98 Å². The number of nitrogens with one attached hydrogen (secondary N) is 1. The van der Waals surface area contributed by atoms with Crippen molar-refractivity contribution in [2.24, 2.45) is 0 Å². The van der Waals surface area contributed by atoms with E-state index in [2.05, 4.69) is 10.3 Å². The van der Waals surface area contributed by atoms with Gasteiger partial charge in [-0.1, -0.05) is 0 Å². The van der Waals surface area contributed by atoms with Gasteiger partial charge in [-0.05, 0) is 25.5 Å². The molecule has 0 radical (unpaired) electrons. The predicted molar refractivity (Wildman–Crippen MR) is 71.7 cm³/mol. The molecule has 100 valence electrons. The zero-order chi connectivity index (χ0) is 13.1. The first-order valence-electron chi connectivity index (χ1n) is 6.21. The van der Waals surface area contributed by atoms with Gasteiger partial charge in [0.1, 0.15) is 5.82 Å². The van der Waals surface area contributed by atoms with Gasteiger partial charge in [0.2, 0.25) is 0 Å². The number of rotatable bonds is 4. The summed E-state index contributed by atoms with van der Waals surface area (Å²) < 4.78 is 0. The molecule has 2 atom stereocenters. The van der Waals surface area contributed by atoms with E-state index in [4.69, 9.17) is 5.73 Å². The van der Waals surface area contributed by atoms with Crippen LogP contribution in [0, 0.1) is 0 Å². The number of β-amino-alcohol motifs (C(OH)–C–C–N with tert-alkyl or cyclic N) is 1. The van der Waals surface area contributed by atoms with Crippen LogP contribution >= 0.6 is 0 Å². The van der Waals surface area contributed by atoms with Crippen molar-refractivity contribution in [1.82, 2.24) is 4.98 Å². The molecule has 0 amide bonds. The number of hydrogen-bond acceptors (Lipinski definition) is 6. The molecule has 1 saturated heterocycles. The lowest BCUT2D eigenvalue weighted by Crippen LogP contribution is -2.33. The second kappa shape index (κ2) is 5.41. The average Bonchev–Trinajstić information content (AvgIpc) is 2.73. The lowest BCUT2D eigenvalue weighted by atomic mass is 10.2. The predicted octanol–water partition coefficient (Wildman–Crippen LogP) is 0.0275. The minimum atomic E-state index is -0.413. The maximum absolute atomic E-state index is 9.67. The number of nitrogens with two attached hydrogens (primary N) is 1. The Kier molecular flexibility index (Phi) is 3.88. The first-order chi connectivity index (χ1) is 8.65. The summed E-state index contributed by atoms with van der Waals surface area (Å²) in [7, 11) is 0. The van der Waals surface area contributed by atoms with Crippen LogP contribution in [-0.2, 0) is 0 Å². The van der Waals surface area contributed by atoms with Gasteiger partial charge in [0.25, 0.3) is 0 Å². The van der Waals surface area contributed by atoms with Crippen molar-refractivity contribution in [3.63, 3.8) is 0 Å². The molecule has 2 unspecified atom stereocenters. The maximum Gasteiger partial charge on any atom is 0.151 e. The van der Waals surface area contributed by atoms with Crippen molar-refractivity contribution in [2.75, 3.05) is 35.6 Å². The second-order valence-electron chi connectivity index (χ2n) is 4.52. The lowest BCUT2D eigenvalue weighted by molar-refractivity contribution is 0.184. The molecule has 1 fully saturated rings. The van der Waals surface area contributed by atoms with E-state index >= 15 is 0 Å². The number of nitrogens with zero attached hydrogens (tertiary/aromatic N) is 2. The highest BCUT2D eigenvalue weighted by molar-refractivity contribution is 5.65. The molecule has 0 bridgehead atoms. The summed E-state index contributed by atoms with van der Waals surface area (Å²) in [5, 5.41) is 22.1. The van der Waals surface area contributed by atoms with Crippen LogP contribution in [0.15, 0.2) is 12.1 Å². The SMILES string of the molecule is CCNc1nc(N2CC(O)CC2CO)ccc1N. The molecule has 1 aromatic rings. The number of pyridine rings is 1. The molecule has 0 spiro atoms. The molecule has 1 aromatic heterocycles. The van der Waals surface area contributed by atoms with Crippen LogP contribution in [0.1, 0.15) is 13.3 Å². The number of hydrogen-bond donors (Lipinski definition) is 4. The summed E-state index contributed by atoms with van der Waals surface area (Å²) in [4.78, 5) is 6.37. The number of aliphatic hydroxyl groups is 2. The van der Waals surface area contributed by atoms with Crippen LogP contribution in [0.4, 0.5) is 17.3 Å². The van der Waals surface area contributed by atoms with E-state index in [9.17, 15) is 10.2 Å². The van der Waals surface area contributed by atoms with Crippen molar-refractivity contribution in [1.29, 1.82) is 0 Å². The Morgan fingerprint density at radius 1 is 1.56 bits per heavy atom. The van der Waals surface area contributed by atoms with E-state index in [1.165, 1.54) is 0 Å². The normalized spacial score (nSPS) is 23.4. The highest BCUT2D eigenvalue weighted by Crippen LogP contribution is 2.27. The standard InChI is InChI=1S/C12H20N4O2/c1-2-14-12-10(13)3-4-11(15-12)16-6-9(18)5-8(16)7-17/h3-4,8-9,17-18H,2,5-7,13H2,1H3,(H,14,15). The van der Waals surface area contributed by atoms with Crippen molar-refractivity contribution in [3.05, 3.63) is 12.1 Å². The van der Waals surface area contributed by atoms with Gasteiger partial charge >= 0.3 is 0 Å². The highest BCUT2D eigenvalue weighted by atomic mass is 16.3. The first kappa shape index (κ1) is 12.9. The van der Waals surface area contributed by atoms with Crippen molar-refractivity contribution < 1.29 is 10.2 Å². The van der Waals surface area contributed by atoms with Gasteiger partial charge in [-0.3, -0.25) is 0 Å². The fraction of sp³-hybridized carbons (Fsp3) is 0.583. The zero-order valence-electron chi connectivity index (χ0n) is 10.5. The topological polar surface area (TPSA) is 94.6 Å². The number of aliphatic hydroxyl groups excluding tert-OH is 2. The van der Waals surface area contributed by atoms with Crippen LogP contribution in [0.25, 0.3) is 0 Å². The monoisotopic (exact) mass is 252 g/mol. The number of aromatic nitrogens is 1. The van der Waals surface area contributed by atoms with E-state index in [1.54, 1.807) is 6.07 Å². The van der Waals surface area contributed by atoms with Crippen molar-refractivity contribution in [3.8, 4) is 0 Å².